The van der Waals surface area contributed by atoms with Crippen molar-refractivity contribution in [1.82, 2.24) is 9.13 Å². The van der Waals surface area contributed by atoms with Gasteiger partial charge in [0.15, 0.2) is 5.79 Å². The molecule has 1 aromatic heterocycles. The van der Waals surface area contributed by atoms with Crippen LogP contribution in [-0.4, -0.2) is 23.4 Å². The molecule has 0 saturated heterocycles. The van der Waals surface area contributed by atoms with Crippen LogP contribution in [0.5, 0.6) is 0 Å². The van der Waals surface area contributed by atoms with Gasteiger partial charge in [0.05, 0.1) is 5.69 Å². The van der Waals surface area contributed by atoms with Gasteiger partial charge in [0.25, 0.3) is 0 Å². The fraction of sp³-hybridized carbons (Fsp3) is 0.591. The Bertz CT molecular complexity index is 802. The molecule has 0 fully saturated rings. The minimum Gasteiger partial charge on any atom is -0.349 e. The van der Waals surface area contributed by atoms with E-state index < -0.39 is 11.6 Å². The molecule has 0 bridgehead atoms. The zero-order valence-corrected chi connectivity index (χ0v) is 17.7. The summed E-state index contributed by atoms with van der Waals surface area (Å²) in [6, 6.07) is 4.65. The summed E-state index contributed by atoms with van der Waals surface area (Å²) in [4.78, 5) is 12.8. The summed E-state index contributed by atoms with van der Waals surface area (Å²) in [6.45, 7) is 6.75. The monoisotopic (exact) mass is 392 g/mol. The molecule has 0 aliphatic carbocycles. The van der Waals surface area contributed by atoms with Crippen LogP contribution < -0.4 is 5.69 Å². The SMILES string of the molecule is CCCC(CCC)CCn1ccn(-c2ccc(C(C)(OC)OC)cc2F)c1=O. The Labute approximate surface area is 167 Å². The standard InChI is InChI=1S/C22H33FN2O3/c1-6-8-17(9-7-2)12-13-24-14-15-25(21(24)26)20-11-10-18(16-19(20)23)22(3,27-4)28-5/h10-11,14-17H,6-9,12-13H2,1-5H3. The van der Waals surface area contributed by atoms with Crippen molar-refractivity contribution >= 4 is 0 Å². The number of ether oxygens (including phenoxy) is 2. The van der Waals surface area contributed by atoms with Crippen LogP contribution >= 0.6 is 0 Å². The van der Waals surface area contributed by atoms with E-state index in [4.69, 9.17) is 9.47 Å². The van der Waals surface area contributed by atoms with Crippen LogP contribution in [0, 0.1) is 11.7 Å². The summed E-state index contributed by atoms with van der Waals surface area (Å²) in [7, 11) is 3.01. The number of aryl methyl sites for hydroxylation is 1. The van der Waals surface area contributed by atoms with Gasteiger partial charge in [-0.05, 0) is 31.4 Å². The van der Waals surface area contributed by atoms with Gasteiger partial charge >= 0.3 is 5.69 Å². The first-order chi connectivity index (χ1) is 13.4. The van der Waals surface area contributed by atoms with Gasteiger partial charge < -0.3 is 9.47 Å². The van der Waals surface area contributed by atoms with Crippen molar-refractivity contribution < 1.29 is 13.9 Å². The summed E-state index contributed by atoms with van der Waals surface area (Å²) >= 11 is 0. The molecule has 156 valence electrons. The molecule has 0 atom stereocenters. The fourth-order valence-corrected chi connectivity index (χ4v) is 3.64. The minimum absolute atomic E-state index is 0.223. The molecule has 0 saturated carbocycles. The normalized spacial score (nSPS) is 12.1. The minimum atomic E-state index is -1.04. The quantitative estimate of drug-likeness (QED) is 0.514. The third kappa shape index (κ3) is 4.92. The second-order valence-electron chi connectivity index (χ2n) is 7.40. The summed E-state index contributed by atoms with van der Waals surface area (Å²) in [6.07, 6.45) is 8.99. The molecule has 2 rings (SSSR count). The van der Waals surface area contributed by atoms with Crippen molar-refractivity contribution in [2.45, 2.75) is 65.2 Å². The van der Waals surface area contributed by atoms with Gasteiger partial charge in [-0.15, -0.1) is 0 Å². The fourth-order valence-electron chi connectivity index (χ4n) is 3.64. The highest BCUT2D eigenvalue weighted by Gasteiger charge is 2.27. The van der Waals surface area contributed by atoms with Gasteiger partial charge in [0.1, 0.15) is 5.82 Å². The Morgan fingerprint density at radius 3 is 2.25 bits per heavy atom. The Hall–Kier alpha value is -1.92. The maximum Gasteiger partial charge on any atom is 0.332 e. The zero-order chi connectivity index (χ0) is 20.7. The second kappa shape index (κ2) is 10.0. The number of imidazole rings is 1. The molecule has 0 aliphatic heterocycles. The van der Waals surface area contributed by atoms with Crippen molar-refractivity contribution in [3.63, 3.8) is 0 Å². The van der Waals surface area contributed by atoms with E-state index in [0.29, 0.717) is 18.0 Å². The van der Waals surface area contributed by atoms with Crippen molar-refractivity contribution in [2.24, 2.45) is 5.92 Å². The topological polar surface area (TPSA) is 45.4 Å². The molecule has 6 heteroatoms. The van der Waals surface area contributed by atoms with Crippen LogP contribution in [0.1, 0.15) is 58.4 Å². The van der Waals surface area contributed by atoms with Crippen LogP contribution in [-0.2, 0) is 21.8 Å². The van der Waals surface area contributed by atoms with Crippen LogP contribution in [0.25, 0.3) is 5.69 Å². The van der Waals surface area contributed by atoms with E-state index in [2.05, 4.69) is 13.8 Å². The number of benzene rings is 1. The summed E-state index contributed by atoms with van der Waals surface area (Å²) in [5, 5.41) is 0. The van der Waals surface area contributed by atoms with E-state index in [1.54, 1.807) is 36.0 Å². The van der Waals surface area contributed by atoms with Crippen molar-refractivity contribution in [1.29, 1.82) is 0 Å². The maximum atomic E-state index is 14.8. The van der Waals surface area contributed by atoms with Crippen molar-refractivity contribution in [3.05, 3.63) is 52.5 Å². The van der Waals surface area contributed by atoms with Crippen molar-refractivity contribution in [3.8, 4) is 5.69 Å². The lowest BCUT2D eigenvalue weighted by atomic mass is 9.95. The molecule has 28 heavy (non-hydrogen) atoms. The number of rotatable bonds is 11. The molecule has 1 aromatic carbocycles. The van der Waals surface area contributed by atoms with E-state index in [-0.39, 0.29) is 11.4 Å². The number of methoxy groups -OCH3 is 2. The highest BCUT2D eigenvalue weighted by Crippen LogP contribution is 2.27. The largest absolute Gasteiger partial charge is 0.349 e. The lowest BCUT2D eigenvalue weighted by molar-refractivity contribution is -0.201. The summed E-state index contributed by atoms with van der Waals surface area (Å²) in [5.41, 5.74) is 0.550. The predicted octanol–water partition coefficient (Wildman–Crippen LogP) is 4.85. The average Bonchev–Trinajstić information content (AvgIpc) is 3.06. The van der Waals surface area contributed by atoms with Crippen LogP contribution in [0.15, 0.2) is 35.4 Å². The molecular formula is C22H33FN2O3. The second-order valence-corrected chi connectivity index (χ2v) is 7.40. The van der Waals surface area contributed by atoms with E-state index in [9.17, 15) is 9.18 Å². The highest BCUT2D eigenvalue weighted by molar-refractivity contribution is 5.38. The van der Waals surface area contributed by atoms with E-state index in [1.165, 1.54) is 37.7 Å². The van der Waals surface area contributed by atoms with Crippen LogP contribution in [0.4, 0.5) is 4.39 Å². The zero-order valence-electron chi connectivity index (χ0n) is 17.7. The predicted molar refractivity (Wildman–Crippen MR) is 109 cm³/mol. The molecule has 0 spiro atoms. The van der Waals surface area contributed by atoms with Crippen LogP contribution in [0.3, 0.4) is 0 Å². The number of hydrogen-bond donors (Lipinski definition) is 0. The number of hydrogen-bond acceptors (Lipinski definition) is 3. The van der Waals surface area contributed by atoms with Gasteiger partial charge in [-0.2, -0.15) is 0 Å². The number of nitrogens with zero attached hydrogens (tertiary/aromatic N) is 2. The first-order valence-corrected chi connectivity index (χ1v) is 10.1. The molecule has 0 N–H and O–H groups in total. The van der Waals surface area contributed by atoms with Crippen molar-refractivity contribution in [2.75, 3.05) is 14.2 Å². The van der Waals surface area contributed by atoms with Gasteiger partial charge in [-0.3, -0.25) is 9.13 Å². The molecule has 5 nitrogen and oxygen atoms in total. The molecule has 0 radical (unpaired) electrons. The average molecular weight is 393 g/mol. The van der Waals surface area contributed by atoms with E-state index >= 15 is 0 Å². The molecule has 1 heterocycles. The number of aromatic nitrogens is 2. The molecular weight excluding hydrogens is 359 g/mol. The first-order valence-electron chi connectivity index (χ1n) is 10.1. The lowest BCUT2D eigenvalue weighted by Gasteiger charge is -2.27. The van der Waals surface area contributed by atoms with Gasteiger partial charge in [-0.25, -0.2) is 9.18 Å². The smallest absolute Gasteiger partial charge is 0.332 e. The Morgan fingerprint density at radius 2 is 1.71 bits per heavy atom. The molecule has 2 aromatic rings. The van der Waals surface area contributed by atoms with E-state index in [1.807, 2.05) is 0 Å². The maximum absolute atomic E-state index is 14.8. The molecule has 0 unspecified atom stereocenters. The third-order valence-electron chi connectivity index (χ3n) is 5.53. The lowest BCUT2D eigenvalue weighted by Crippen LogP contribution is -2.27. The molecule has 0 aliphatic rings. The van der Waals surface area contributed by atoms with Gasteiger partial charge in [0, 0.05) is 38.7 Å². The van der Waals surface area contributed by atoms with Crippen LogP contribution in [0.2, 0.25) is 0 Å². The summed E-state index contributed by atoms with van der Waals surface area (Å²) < 4.78 is 28.4. The van der Waals surface area contributed by atoms with E-state index in [0.717, 1.165) is 19.3 Å². The molecule has 0 amide bonds. The van der Waals surface area contributed by atoms with Gasteiger partial charge in [-0.1, -0.05) is 45.6 Å². The highest BCUT2D eigenvalue weighted by atomic mass is 19.1. The summed E-state index contributed by atoms with van der Waals surface area (Å²) in [5.74, 6) is -0.904. The Kier molecular flexibility index (Phi) is 8.01. The Morgan fingerprint density at radius 1 is 1.07 bits per heavy atom. The first kappa shape index (κ1) is 22.4. The number of halogens is 1. The third-order valence-corrected chi connectivity index (χ3v) is 5.53. The Balaban J connectivity index is 2.22. The van der Waals surface area contributed by atoms with Gasteiger partial charge in [0.2, 0.25) is 0 Å².